The van der Waals surface area contributed by atoms with E-state index in [0.717, 1.165) is 34.2 Å². The number of amides is 2. The summed E-state index contributed by atoms with van der Waals surface area (Å²) < 4.78 is 5.78. The Morgan fingerprint density at radius 1 is 0.900 bits per heavy atom. The van der Waals surface area contributed by atoms with Crippen LogP contribution in [-0.2, 0) is 17.9 Å². The fourth-order valence-corrected chi connectivity index (χ4v) is 4.02. The van der Waals surface area contributed by atoms with Gasteiger partial charge in [-0.3, -0.25) is 14.5 Å². The van der Waals surface area contributed by atoms with E-state index < -0.39 is 0 Å². The van der Waals surface area contributed by atoms with Crippen molar-refractivity contribution >= 4 is 40.6 Å². The van der Waals surface area contributed by atoms with Crippen molar-refractivity contribution in [2.45, 2.75) is 13.2 Å². The second kappa shape index (κ2) is 9.20. The number of thioether (sulfide) groups is 1. The van der Waals surface area contributed by atoms with Crippen molar-refractivity contribution in [1.29, 1.82) is 0 Å². The molecule has 0 bridgehead atoms. The van der Waals surface area contributed by atoms with Gasteiger partial charge in [0, 0.05) is 5.02 Å². The smallest absolute Gasteiger partial charge is 0.293 e. The van der Waals surface area contributed by atoms with E-state index in [1.165, 1.54) is 4.90 Å². The summed E-state index contributed by atoms with van der Waals surface area (Å²) in [6, 6.07) is 24.5. The Labute approximate surface area is 184 Å². The van der Waals surface area contributed by atoms with Crippen molar-refractivity contribution in [2.24, 2.45) is 0 Å². The van der Waals surface area contributed by atoms with Crippen LogP contribution in [0.2, 0.25) is 5.02 Å². The summed E-state index contributed by atoms with van der Waals surface area (Å²) in [5.41, 5.74) is 2.65. The Balaban J connectivity index is 1.42. The first kappa shape index (κ1) is 20.3. The number of carbonyl (C=O) groups is 2. The zero-order valence-electron chi connectivity index (χ0n) is 16.0. The van der Waals surface area contributed by atoms with E-state index in [4.69, 9.17) is 16.3 Å². The van der Waals surface area contributed by atoms with Gasteiger partial charge in [-0.2, -0.15) is 0 Å². The van der Waals surface area contributed by atoms with Crippen LogP contribution in [0.3, 0.4) is 0 Å². The van der Waals surface area contributed by atoms with Crippen molar-refractivity contribution in [2.75, 3.05) is 0 Å². The molecule has 0 unspecified atom stereocenters. The molecule has 0 radical (unpaired) electrons. The van der Waals surface area contributed by atoms with Gasteiger partial charge in [0.05, 0.1) is 11.4 Å². The summed E-state index contributed by atoms with van der Waals surface area (Å²) in [5, 5.41) is 0.237. The molecule has 150 valence electrons. The summed E-state index contributed by atoms with van der Waals surface area (Å²) in [6.07, 6.45) is 1.72. The van der Waals surface area contributed by atoms with Gasteiger partial charge in [0.2, 0.25) is 0 Å². The van der Waals surface area contributed by atoms with Gasteiger partial charge in [-0.05, 0) is 52.7 Å². The second-order valence-corrected chi connectivity index (χ2v) is 8.10. The van der Waals surface area contributed by atoms with E-state index >= 15 is 0 Å². The Morgan fingerprint density at radius 3 is 2.33 bits per heavy atom. The zero-order chi connectivity index (χ0) is 20.9. The second-order valence-electron chi connectivity index (χ2n) is 6.70. The number of hydrogen-bond donors (Lipinski definition) is 0. The van der Waals surface area contributed by atoms with Crippen molar-refractivity contribution in [3.05, 3.63) is 105 Å². The lowest BCUT2D eigenvalue weighted by Gasteiger charge is -2.13. The molecule has 1 aliphatic rings. The van der Waals surface area contributed by atoms with Gasteiger partial charge in [-0.15, -0.1) is 0 Å². The number of nitrogens with zero attached hydrogens (tertiary/aromatic N) is 1. The zero-order valence-corrected chi connectivity index (χ0v) is 17.5. The topological polar surface area (TPSA) is 46.6 Å². The molecule has 0 atom stereocenters. The molecule has 3 aromatic carbocycles. The van der Waals surface area contributed by atoms with Crippen LogP contribution < -0.4 is 4.74 Å². The van der Waals surface area contributed by atoms with E-state index in [-0.39, 0.29) is 17.7 Å². The van der Waals surface area contributed by atoms with E-state index in [9.17, 15) is 9.59 Å². The Hall–Kier alpha value is -3.02. The third-order valence-corrected chi connectivity index (χ3v) is 5.86. The maximum absolute atomic E-state index is 12.7. The number of ether oxygens (including phenoxy) is 1. The summed E-state index contributed by atoms with van der Waals surface area (Å²) >= 11 is 7.10. The number of imide groups is 1. The molecule has 4 nitrogen and oxygen atoms in total. The molecule has 1 aliphatic heterocycles. The molecule has 1 saturated heterocycles. The molecule has 1 heterocycles. The molecule has 4 rings (SSSR count). The third kappa shape index (κ3) is 4.75. The van der Waals surface area contributed by atoms with Crippen LogP contribution in [0.1, 0.15) is 16.7 Å². The van der Waals surface area contributed by atoms with Gasteiger partial charge < -0.3 is 4.74 Å². The molecule has 2 amide bonds. The normalized spacial score (nSPS) is 15.1. The highest BCUT2D eigenvalue weighted by molar-refractivity contribution is 8.18. The van der Waals surface area contributed by atoms with Crippen LogP contribution in [0.25, 0.3) is 6.08 Å². The van der Waals surface area contributed by atoms with E-state index in [1.54, 1.807) is 12.1 Å². The van der Waals surface area contributed by atoms with E-state index in [1.807, 2.05) is 72.8 Å². The Bertz CT molecular complexity index is 1100. The van der Waals surface area contributed by atoms with Crippen LogP contribution in [0.4, 0.5) is 4.79 Å². The number of halogens is 1. The largest absolute Gasteiger partial charge is 0.489 e. The highest BCUT2D eigenvalue weighted by Gasteiger charge is 2.35. The summed E-state index contributed by atoms with van der Waals surface area (Å²) in [7, 11) is 0. The first-order chi connectivity index (χ1) is 14.6. The van der Waals surface area contributed by atoms with Crippen molar-refractivity contribution in [3.63, 3.8) is 0 Å². The van der Waals surface area contributed by atoms with Gasteiger partial charge in [0.15, 0.2) is 0 Å². The van der Waals surface area contributed by atoms with E-state index in [2.05, 4.69) is 0 Å². The first-order valence-electron chi connectivity index (χ1n) is 9.36. The monoisotopic (exact) mass is 435 g/mol. The van der Waals surface area contributed by atoms with Crippen molar-refractivity contribution in [1.82, 2.24) is 4.90 Å². The van der Waals surface area contributed by atoms with Crippen LogP contribution in [0, 0.1) is 0 Å². The molecule has 30 heavy (non-hydrogen) atoms. The quantitative estimate of drug-likeness (QED) is 0.435. The van der Waals surface area contributed by atoms with Gasteiger partial charge in [0.1, 0.15) is 12.4 Å². The summed E-state index contributed by atoms with van der Waals surface area (Å²) in [5.74, 6) is 0.428. The average Bonchev–Trinajstić information content (AvgIpc) is 3.03. The molecule has 0 aromatic heterocycles. The van der Waals surface area contributed by atoms with Crippen LogP contribution in [-0.4, -0.2) is 16.0 Å². The number of carbonyl (C=O) groups excluding carboxylic acids is 2. The number of hydrogen-bond acceptors (Lipinski definition) is 4. The van der Waals surface area contributed by atoms with E-state index in [0.29, 0.717) is 16.5 Å². The molecular weight excluding hydrogens is 418 g/mol. The number of benzene rings is 3. The fourth-order valence-electron chi connectivity index (χ4n) is 2.99. The van der Waals surface area contributed by atoms with Crippen molar-refractivity contribution < 1.29 is 14.3 Å². The fraction of sp³-hybridized carbons (Fsp3) is 0.0833. The SMILES string of the molecule is O=C1S/C(=C/c2ccc(OCc3ccccc3)cc2)C(=O)N1Cc1ccccc1Cl. The lowest BCUT2D eigenvalue weighted by atomic mass is 10.2. The molecule has 0 spiro atoms. The Morgan fingerprint density at radius 2 is 1.60 bits per heavy atom. The van der Waals surface area contributed by atoms with Gasteiger partial charge >= 0.3 is 0 Å². The standard InChI is InChI=1S/C24H18ClNO3S/c25-21-9-5-4-8-19(21)15-26-23(27)22(30-24(26)28)14-17-10-12-20(13-11-17)29-16-18-6-2-1-3-7-18/h1-14H,15-16H2/b22-14+. The van der Waals surface area contributed by atoms with Gasteiger partial charge in [-0.1, -0.05) is 72.3 Å². The average molecular weight is 436 g/mol. The molecule has 6 heteroatoms. The van der Waals surface area contributed by atoms with Crippen LogP contribution >= 0.6 is 23.4 Å². The molecule has 0 aliphatic carbocycles. The molecule has 0 saturated carbocycles. The minimum atomic E-state index is -0.311. The molecule has 1 fully saturated rings. The van der Waals surface area contributed by atoms with Crippen LogP contribution in [0.5, 0.6) is 5.75 Å². The molecular formula is C24H18ClNO3S. The summed E-state index contributed by atoms with van der Waals surface area (Å²) in [6.45, 7) is 0.648. The van der Waals surface area contributed by atoms with Crippen molar-refractivity contribution in [3.8, 4) is 5.75 Å². The Kier molecular flexibility index (Phi) is 6.21. The predicted octanol–water partition coefficient (Wildman–Crippen LogP) is 6.16. The highest BCUT2D eigenvalue weighted by Crippen LogP contribution is 2.34. The third-order valence-electron chi connectivity index (χ3n) is 4.59. The lowest BCUT2D eigenvalue weighted by molar-refractivity contribution is -0.123. The highest BCUT2D eigenvalue weighted by atomic mass is 35.5. The minimum Gasteiger partial charge on any atom is -0.489 e. The first-order valence-corrected chi connectivity index (χ1v) is 10.6. The number of rotatable bonds is 6. The molecule has 0 N–H and O–H groups in total. The predicted molar refractivity (Wildman–Crippen MR) is 120 cm³/mol. The van der Waals surface area contributed by atoms with Crippen LogP contribution in [0.15, 0.2) is 83.8 Å². The van der Waals surface area contributed by atoms with Gasteiger partial charge in [-0.25, -0.2) is 0 Å². The van der Waals surface area contributed by atoms with Gasteiger partial charge in [0.25, 0.3) is 11.1 Å². The molecule has 3 aromatic rings. The maximum atomic E-state index is 12.7. The lowest BCUT2D eigenvalue weighted by Crippen LogP contribution is -2.27. The maximum Gasteiger partial charge on any atom is 0.293 e. The minimum absolute atomic E-state index is 0.161. The summed E-state index contributed by atoms with van der Waals surface area (Å²) in [4.78, 5) is 26.7.